The van der Waals surface area contributed by atoms with Gasteiger partial charge in [0.05, 0.1) is 33.4 Å². The summed E-state index contributed by atoms with van der Waals surface area (Å²) in [6, 6.07) is 12.0. The van der Waals surface area contributed by atoms with E-state index in [9.17, 15) is 14.0 Å². The summed E-state index contributed by atoms with van der Waals surface area (Å²) in [4.78, 5) is 35.9. The van der Waals surface area contributed by atoms with Crippen molar-refractivity contribution in [1.29, 1.82) is 0 Å². The van der Waals surface area contributed by atoms with E-state index in [2.05, 4.69) is 15.3 Å². The van der Waals surface area contributed by atoms with Crippen LogP contribution in [-0.2, 0) is 6.54 Å². The molecule has 0 spiro atoms. The van der Waals surface area contributed by atoms with Crippen LogP contribution in [0.15, 0.2) is 53.6 Å². The Labute approximate surface area is 190 Å². The number of rotatable bonds is 4. The molecule has 3 heterocycles. The Morgan fingerprint density at radius 2 is 1.97 bits per heavy atom. The molecule has 0 saturated heterocycles. The van der Waals surface area contributed by atoms with E-state index in [1.807, 2.05) is 25.1 Å². The molecule has 5 rings (SSSR count). The molecule has 0 unspecified atom stereocenters. The van der Waals surface area contributed by atoms with Crippen molar-refractivity contribution in [2.75, 3.05) is 5.32 Å². The van der Waals surface area contributed by atoms with Crippen LogP contribution in [0.2, 0.25) is 0 Å². The van der Waals surface area contributed by atoms with Crippen molar-refractivity contribution in [1.82, 2.24) is 14.5 Å². The number of aromatic nitrogens is 3. The van der Waals surface area contributed by atoms with Crippen molar-refractivity contribution in [3.8, 4) is 0 Å². The topological polar surface area (TPSA) is 76.9 Å². The smallest absolute Gasteiger partial charge is 0.267 e. The summed E-state index contributed by atoms with van der Waals surface area (Å²) in [7, 11) is 0. The molecule has 32 heavy (non-hydrogen) atoms. The number of para-hydroxylation sites is 1. The zero-order valence-electron chi connectivity index (χ0n) is 17.2. The number of amides is 1. The molecule has 1 N–H and O–H groups in total. The molecule has 0 saturated carbocycles. The van der Waals surface area contributed by atoms with Gasteiger partial charge in [-0.05, 0) is 48.7 Å². The van der Waals surface area contributed by atoms with Gasteiger partial charge in [-0.3, -0.25) is 19.5 Å². The number of fused-ring (bicyclic) bond motifs is 2. The van der Waals surface area contributed by atoms with E-state index in [-0.39, 0.29) is 23.8 Å². The second-order valence-electron chi connectivity index (χ2n) is 7.44. The Bertz CT molecular complexity index is 1570. The van der Waals surface area contributed by atoms with Crippen LogP contribution in [0.3, 0.4) is 0 Å². The average Bonchev–Trinajstić information content (AvgIpc) is 3.32. The van der Waals surface area contributed by atoms with Gasteiger partial charge < -0.3 is 0 Å². The van der Waals surface area contributed by atoms with Gasteiger partial charge in [-0.15, -0.1) is 11.3 Å². The molecule has 0 fully saturated rings. The quantitative estimate of drug-likeness (QED) is 0.400. The number of nitrogens with one attached hydrogen (secondary N) is 1. The number of hydrogen-bond donors (Lipinski definition) is 1. The average molecular weight is 465 g/mol. The van der Waals surface area contributed by atoms with Crippen LogP contribution in [0, 0.1) is 19.7 Å². The number of thiazole rings is 1. The number of hydrogen-bond acceptors (Lipinski definition) is 6. The molecule has 0 atom stereocenters. The lowest BCUT2D eigenvalue weighted by molar-refractivity contribution is 0.103. The van der Waals surface area contributed by atoms with Gasteiger partial charge in [0, 0.05) is 0 Å². The summed E-state index contributed by atoms with van der Waals surface area (Å²) >= 11 is 2.58. The lowest BCUT2D eigenvalue weighted by Gasteiger charge is -2.06. The van der Waals surface area contributed by atoms with E-state index in [1.165, 1.54) is 45.7 Å². The first-order valence-corrected chi connectivity index (χ1v) is 11.4. The Hall–Kier alpha value is -3.43. The molecule has 0 aliphatic heterocycles. The van der Waals surface area contributed by atoms with Crippen LogP contribution in [-0.4, -0.2) is 20.4 Å². The van der Waals surface area contributed by atoms with E-state index < -0.39 is 0 Å². The number of carbonyl (C=O) groups excluding carboxylic acids is 1. The highest BCUT2D eigenvalue weighted by Gasteiger charge is 2.21. The van der Waals surface area contributed by atoms with Crippen molar-refractivity contribution < 1.29 is 9.18 Å². The Balaban J connectivity index is 1.48. The first-order valence-electron chi connectivity index (χ1n) is 9.81. The molecule has 0 aliphatic rings. The van der Waals surface area contributed by atoms with E-state index >= 15 is 0 Å². The maximum Gasteiger partial charge on any atom is 0.267 e. The second kappa shape index (κ2) is 7.92. The predicted octanol–water partition coefficient (Wildman–Crippen LogP) is 5.12. The molecule has 9 heteroatoms. The Morgan fingerprint density at radius 1 is 1.16 bits per heavy atom. The molecule has 1 amide bonds. The number of nitrogens with zero attached hydrogens (tertiary/aromatic N) is 3. The largest absolute Gasteiger partial charge is 0.297 e. The van der Waals surface area contributed by atoms with Gasteiger partial charge >= 0.3 is 0 Å². The van der Waals surface area contributed by atoms with Gasteiger partial charge in [0.1, 0.15) is 10.6 Å². The number of benzene rings is 2. The molecule has 0 radical (unpaired) electrons. The standard InChI is InChI=1S/C23H17FN4O2S2/c1-12-5-3-8-16-18(12)26-23(31-16)27-20(29)19-13(2)17-21(32-19)25-11-28(22(17)30)10-14-6-4-7-15(24)9-14/h3-9,11H,10H2,1-2H3,(H,26,27,29). The SMILES string of the molecule is Cc1cccc2sc(NC(=O)c3sc4ncn(Cc5cccc(F)c5)c(=O)c4c3C)nc12. The molecular weight excluding hydrogens is 447 g/mol. The molecule has 5 aromatic rings. The van der Waals surface area contributed by atoms with Crippen molar-refractivity contribution >= 4 is 54.1 Å². The molecule has 3 aromatic heterocycles. The van der Waals surface area contributed by atoms with Gasteiger partial charge in [-0.25, -0.2) is 14.4 Å². The van der Waals surface area contributed by atoms with E-state index in [4.69, 9.17) is 0 Å². The first-order chi connectivity index (χ1) is 15.4. The summed E-state index contributed by atoms with van der Waals surface area (Å²) in [6.07, 6.45) is 1.43. The minimum Gasteiger partial charge on any atom is -0.297 e. The fourth-order valence-electron chi connectivity index (χ4n) is 3.61. The van der Waals surface area contributed by atoms with E-state index in [0.29, 0.717) is 31.4 Å². The third kappa shape index (κ3) is 3.59. The monoisotopic (exact) mass is 464 g/mol. The van der Waals surface area contributed by atoms with E-state index in [0.717, 1.165) is 15.8 Å². The molecule has 160 valence electrons. The van der Waals surface area contributed by atoms with Crippen LogP contribution < -0.4 is 10.9 Å². The van der Waals surface area contributed by atoms with Crippen molar-refractivity contribution in [3.05, 3.63) is 86.5 Å². The van der Waals surface area contributed by atoms with Crippen LogP contribution in [0.4, 0.5) is 9.52 Å². The van der Waals surface area contributed by atoms with Gasteiger partial charge in [-0.2, -0.15) is 0 Å². The summed E-state index contributed by atoms with van der Waals surface area (Å²) < 4.78 is 15.9. The predicted molar refractivity (Wildman–Crippen MR) is 126 cm³/mol. The number of carbonyl (C=O) groups is 1. The zero-order chi connectivity index (χ0) is 22.4. The first kappa shape index (κ1) is 20.5. The highest BCUT2D eigenvalue weighted by Crippen LogP contribution is 2.31. The number of thiophene rings is 1. The maximum absolute atomic E-state index is 13.5. The Kier molecular flexibility index (Phi) is 5.07. The Morgan fingerprint density at radius 3 is 2.75 bits per heavy atom. The second-order valence-corrected chi connectivity index (χ2v) is 9.47. The van der Waals surface area contributed by atoms with Gasteiger partial charge in [0.25, 0.3) is 11.5 Å². The third-order valence-electron chi connectivity index (χ3n) is 5.21. The number of aryl methyl sites for hydroxylation is 2. The van der Waals surface area contributed by atoms with Crippen LogP contribution in [0.25, 0.3) is 20.4 Å². The fraction of sp³-hybridized carbons (Fsp3) is 0.130. The maximum atomic E-state index is 13.5. The van der Waals surface area contributed by atoms with Gasteiger partial charge in [0.15, 0.2) is 5.13 Å². The number of halogens is 1. The van der Waals surface area contributed by atoms with Gasteiger partial charge in [-0.1, -0.05) is 35.6 Å². The molecule has 0 bridgehead atoms. The lowest BCUT2D eigenvalue weighted by atomic mass is 10.2. The summed E-state index contributed by atoms with van der Waals surface area (Å²) in [6.45, 7) is 3.91. The molecule has 0 aliphatic carbocycles. The number of anilines is 1. The lowest BCUT2D eigenvalue weighted by Crippen LogP contribution is -2.21. The van der Waals surface area contributed by atoms with Crippen LogP contribution in [0.1, 0.15) is 26.4 Å². The molecule has 2 aromatic carbocycles. The minimum absolute atomic E-state index is 0.196. The van der Waals surface area contributed by atoms with E-state index in [1.54, 1.807) is 19.1 Å². The summed E-state index contributed by atoms with van der Waals surface area (Å²) in [5.41, 5.74) is 2.88. The van der Waals surface area contributed by atoms with Gasteiger partial charge in [0.2, 0.25) is 0 Å². The fourth-order valence-corrected chi connectivity index (χ4v) is 5.59. The molecule has 6 nitrogen and oxygen atoms in total. The van der Waals surface area contributed by atoms with Crippen LogP contribution in [0.5, 0.6) is 0 Å². The zero-order valence-corrected chi connectivity index (χ0v) is 18.8. The van der Waals surface area contributed by atoms with Crippen molar-refractivity contribution in [3.63, 3.8) is 0 Å². The highest BCUT2D eigenvalue weighted by atomic mass is 32.1. The third-order valence-corrected chi connectivity index (χ3v) is 7.34. The minimum atomic E-state index is -0.361. The van der Waals surface area contributed by atoms with Crippen LogP contribution >= 0.6 is 22.7 Å². The molecular formula is C23H17FN4O2S2. The normalized spacial score (nSPS) is 11.3. The summed E-state index contributed by atoms with van der Waals surface area (Å²) in [5.74, 6) is -0.682. The summed E-state index contributed by atoms with van der Waals surface area (Å²) in [5, 5.41) is 3.77. The van der Waals surface area contributed by atoms with Crippen molar-refractivity contribution in [2.24, 2.45) is 0 Å². The van der Waals surface area contributed by atoms with Crippen molar-refractivity contribution in [2.45, 2.75) is 20.4 Å². The highest BCUT2D eigenvalue weighted by molar-refractivity contribution is 7.23.